The van der Waals surface area contributed by atoms with Gasteiger partial charge in [0.1, 0.15) is 6.04 Å². The Morgan fingerprint density at radius 2 is 2.00 bits per heavy atom. The highest BCUT2D eigenvalue weighted by Crippen LogP contribution is 2.26. The average Bonchev–Trinajstić information content (AvgIpc) is 2.33. The lowest BCUT2D eigenvalue weighted by Crippen LogP contribution is -2.32. The molecular formula is C14H19Cl2NO2. The monoisotopic (exact) mass is 303 g/mol. The summed E-state index contributed by atoms with van der Waals surface area (Å²) in [4.78, 5) is 12.0. The van der Waals surface area contributed by atoms with E-state index < -0.39 is 6.04 Å². The maximum absolute atomic E-state index is 12.0. The Labute approximate surface area is 124 Å². The van der Waals surface area contributed by atoms with E-state index >= 15 is 0 Å². The van der Waals surface area contributed by atoms with E-state index in [1.165, 1.54) is 0 Å². The van der Waals surface area contributed by atoms with Crippen LogP contribution in [-0.4, -0.2) is 19.1 Å². The number of halogens is 2. The van der Waals surface area contributed by atoms with Gasteiger partial charge in [-0.3, -0.25) is 0 Å². The second kappa shape index (κ2) is 7.73. The predicted molar refractivity (Wildman–Crippen MR) is 78.7 cm³/mol. The van der Waals surface area contributed by atoms with Crippen LogP contribution in [-0.2, 0) is 9.53 Å². The Morgan fingerprint density at radius 1 is 1.32 bits per heavy atom. The molecule has 0 spiro atoms. The van der Waals surface area contributed by atoms with Crippen LogP contribution in [0.1, 0.15) is 32.4 Å². The topological polar surface area (TPSA) is 38.3 Å². The number of carbonyl (C=O) groups is 1. The molecule has 0 saturated carbocycles. The smallest absolute Gasteiger partial charge is 0.327 e. The van der Waals surface area contributed by atoms with Crippen molar-refractivity contribution in [3.63, 3.8) is 0 Å². The molecule has 1 N–H and O–H groups in total. The molecule has 0 bridgehead atoms. The summed E-state index contributed by atoms with van der Waals surface area (Å²) in [5.41, 5.74) is 0.758. The molecular weight excluding hydrogens is 285 g/mol. The molecule has 0 aliphatic rings. The average molecular weight is 304 g/mol. The number of carbonyl (C=O) groups excluding carboxylic acids is 1. The van der Waals surface area contributed by atoms with Crippen molar-refractivity contribution in [3.8, 4) is 0 Å². The zero-order valence-electron chi connectivity index (χ0n) is 11.4. The normalized spacial score (nSPS) is 12.5. The van der Waals surface area contributed by atoms with Gasteiger partial charge >= 0.3 is 5.97 Å². The minimum atomic E-state index is -0.517. The van der Waals surface area contributed by atoms with E-state index in [4.69, 9.17) is 27.9 Å². The number of esters is 1. The van der Waals surface area contributed by atoms with E-state index in [-0.39, 0.29) is 5.97 Å². The van der Waals surface area contributed by atoms with Crippen LogP contribution in [0.4, 0.5) is 0 Å². The highest BCUT2D eigenvalue weighted by molar-refractivity contribution is 6.42. The maximum Gasteiger partial charge on any atom is 0.327 e. The molecule has 5 heteroatoms. The molecule has 1 atom stereocenters. The first-order valence-corrected chi connectivity index (χ1v) is 7.06. The Kier molecular flexibility index (Phi) is 6.63. The van der Waals surface area contributed by atoms with E-state index in [1.54, 1.807) is 25.1 Å². The number of hydrogen-bond acceptors (Lipinski definition) is 3. The molecule has 0 aliphatic heterocycles. The standard InChI is InChI=1S/C14H19Cl2NO2/c1-4-19-14(18)13(17-8-9(2)3)10-5-6-11(15)12(16)7-10/h5-7,9,13,17H,4,8H2,1-3H3. The fourth-order valence-corrected chi connectivity index (χ4v) is 1.91. The molecule has 0 radical (unpaired) electrons. The maximum atomic E-state index is 12.0. The molecule has 19 heavy (non-hydrogen) atoms. The van der Waals surface area contributed by atoms with Crippen LogP contribution in [0.15, 0.2) is 18.2 Å². The molecule has 1 aromatic carbocycles. The molecule has 3 nitrogen and oxygen atoms in total. The van der Waals surface area contributed by atoms with Crippen molar-refractivity contribution in [1.82, 2.24) is 5.32 Å². The van der Waals surface area contributed by atoms with Crippen LogP contribution >= 0.6 is 23.2 Å². The number of rotatable bonds is 6. The van der Waals surface area contributed by atoms with Crippen molar-refractivity contribution < 1.29 is 9.53 Å². The molecule has 106 valence electrons. The van der Waals surface area contributed by atoms with Crippen molar-refractivity contribution in [2.24, 2.45) is 5.92 Å². The molecule has 0 heterocycles. The predicted octanol–water partition coefficient (Wildman–Crippen LogP) is 3.84. The van der Waals surface area contributed by atoms with Crippen molar-refractivity contribution in [2.75, 3.05) is 13.2 Å². The molecule has 0 amide bonds. The Bertz CT molecular complexity index is 435. The first kappa shape index (κ1) is 16.3. The molecule has 0 aromatic heterocycles. The van der Waals surface area contributed by atoms with Crippen molar-refractivity contribution in [2.45, 2.75) is 26.8 Å². The van der Waals surface area contributed by atoms with Gasteiger partial charge in [0, 0.05) is 0 Å². The third-order valence-electron chi connectivity index (χ3n) is 2.53. The van der Waals surface area contributed by atoms with Gasteiger partial charge in [-0.25, -0.2) is 4.79 Å². The number of ether oxygens (including phenoxy) is 1. The van der Waals surface area contributed by atoms with Gasteiger partial charge in [0.2, 0.25) is 0 Å². The van der Waals surface area contributed by atoms with Crippen molar-refractivity contribution in [3.05, 3.63) is 33.8 Å². The van der Waals surface area contributed by atoms with Gasteiger partial charge in [0.25, 0.3) is 0 Å². The minimum absolute atomic E-state index is 0.304. The van der Waals surface area contributed by atoms with E-state index in [2.05, 4.69) is 19.2 Å². The van der Waals surface area contributed by atoms with Gasteiger partial charge in [-0.1, -0.05) is 43.1 Å². The fraction of sp³-hybridized carbons (Fsp3) is 0.500. The van der Waals surface area contributed by atoms with Crippen molar-refractivity contribution in [1.29, 1.82) is 0 Å². The summed E-state index contributed by atoms with van der Waals surface area (Å²) in [6.07, 6.45) is 0. The third-order valence-corrected chi connectivity index (χ3v) is 3.27. The number of nitrogens with one attached hydrogen (secondary N) is 1. The molecule has 1 aromatic rings. The highest BCUT2D eigenvalue weighted by Gasteiger charge is 2.22. The first-order chi connectivity index (χ1) is 8.95. The van der Waals surface area contributed by atoms with Crippen LogP contribution in [0, 0.1) is 5.92 Å². The Hall–Kier alpha value is -0.770. The lowest BCUT2D eigenvalue weighted by atomic mass is 10.1. The van der Waals surface area contributed by atoms with Crippen LogP contribution in [0.2, 0.25) is 10.0 Å². The number of benzene rings is 1. The van der Waals surface area contributed by atoms with E-state index in [0.717, 1.165) is 5.56 Å². The summed E-state index contributed by atoms with van der Waals surface area (Å²) in [5, 5.41) is 4.09. The van der Waals surface area contributed by atoms with Gasteiger partial charge in [-0.15, -0.1) is 0 Å². The summed E-state index contributed by atoms with van der Waals surface area (Å²) in [7, 11) is 0. The lowest BCUT2D eigenvalue weighted by molar-refractivity contribution is -0.145. The van der Waals surface area contributed by atoms with E-state index in [1.807, 2.05) is 0 Å². The summed E-state index contributed by atoms with van der Waals surface area (Å²) in [5.74, 6) is 0.126. The van der Waals surface area contributed by atoms with Crippen LogP contribution in [0.5, 0.6) is 0 Å². The van der Waals surface area contributed by atoms with E-state index in [9.17, 15) is 4.79 Å². The van der Waals surface area contributed by atoms with Gasteiger partial charge < -0.3 is 10.1 Å². The minimum Gasteiger partial charge on any atom is -0.465 e. The van der Waals surface area contributed by atoms with Gasteiger partial charge in [-0.2, -0.15) is 0 Å². The third kappa shape index (κ3) is 5.01. The summed E-state index contributed by atoms with van der Waals surface area (Å²) in [6, 6.07) is 4.64. The molecule has 0 fully saturated rings. The zero-order chi connectivity index (χ0) is 14.4. The van der Waals surface area contributed by atoms with Crippen LogP contribution in [0.3, 0.4) is 0 Å². The second-order valence-electron chi connectivity index (χ2n) is 4.66. The molecule has 1 rings (SSSR count). The van der Waals surface area contributed by atoms with Crippen molar-refractivity contribution >= 4 is 29.2 Å². The summed E-state index contributed by atoms with van der Waals surface area (Å²) >= 11 is 11.9. The lowest BCUT2D eigenvalue weighted by Gasteiger charge is -2.19. The molecule has 1 unspecified atom stereocenters. The van der Waals surface area contributed by atoms with Crippen LogP contribution in [0.25, 0.3) is 0 Å². The zero-order valence-corrected chi connectivity index (χ0v) is 12.9. The fourth-order valence-electron chi connectivity index (χ4n) is 1.61. The van der Waals surface area contributed by atoms with Gasteiger partial charge in [0.05, 0.1) is 16.7 Å². The van der Waals surface area contributed by atoms with E-state index in [0.29, 0.717) is 29.1 Å². The van der Waals surface area contributed by atoms with Gasteiger partial charge in [0.15, 0.2) is 0 Å². The molecule has 0 saturated heterocycles. The SMILES string of the molecule is CCOC(=O)C(NCC(C)C)c1ccc(Cl)c(Cl)c1. The highest BCUT2D eigenvalue weighted by atomic mass is 35.5. The van der Waals surface area contributed by atoms with Crippen LogP contribution < -0.4 is 5.32 Å². The quantitative estimate of drug-likeness (QED) is 0.811. The summed E-state index contributed by atoms with van der Waals surface area (Å²) in [6.45, 7) is 6.99. The Balaban J connectivity index is 2.93. The second-order valence-corrected chi connectivity index (χ2v) is 5.48. The summed E-state index contributed by atoms with van der Waals surface area (Å²) < 4.78 is 5.08. The largest absolute Gasteiger partial charge is 0.465 e. The van der Waals surface area contributed by atoms with Gasteiger partial charge in [-0.05, 0) is 37.1 Å². The molecule has 0 aliphatic carbocycles. The first-order valence-electron chi connectivity index (χ1n) is 6.30. The Morgan fingerprint density at radius 3 is 2.53 bits per heavy atom. The number of hydrogen-bond donors (Lipinski definition) is 1.